The highest BCUT2D eigenvalue weighted by atomic mass is 32.1. The van der Waals surface area contributed by atoms with Gasteiger partial charge in [-0.25, -0.2) is 0 Å². The minimum absolute atomic E-state index is 0.0118. The normalized spacial score (nSPS) is 10.7. The van der Waals surface area contributed by atoms with Crippen LogP contribution in [0.5, 0.6) is 0 Å². The molecule has 1 heterocycles. The molecule has 0 bridgehead atoms. The van der Waals surface area contributed by atoms with E-state index >= 15 is 0 Å². The third-order valence-electron chi connectivity index (χ3n) is 2.34. The highest BCUT2D eigenvalue weighted by Crippen LogP contribution is 2.27. The summed E-state index contributed by atoms with van der Waals surface area (Å²) >= 11 is 1.48. The van der Waals surface area contributed by atoms with Crippen LogP contribution >= 0.6 is 11.3 Å². The second kappa shape index (κ2) is 5.80. The molecule has 5 heteroatoms. The zero-order chi connectivity index (χ0) is 11.3. The van der Waals surface area contributed by atoms with E-state index in [1.54, 1.807) is 0 Å². The molecule has 0 fully saturated rings. The van der Waals surface area contributed by atoms with Gasteiger partial charge in [-0.15, -0.1) is 10.2 Å². The summed E-state index contributed by atoms with van der Waals surface area (Å²) in [6.07, 6.45) is 2.60. The zero-order valence-corrected chi connectivity index (χ0v) is 10.2. The first-order valence-corrected chi connectivity index (χ1v) is 6.16. The second-order valence-electron chi connectivity index (χ2n) is 3.36. The van der Waals surface area contributed by atoms with E-state index in [9.17, 15) is 4.79 Å². The molecule has 0 spiro atoms. The molecule has 0 aromatic carbocycles. The van der Waals surface area contributed by atoms with Crippen molar-refractivity contribution in [2.24, 2.45) is 0 Å². The van der Waals surface area contributed by atoms with Crippen molar-refractivity contribution in [3.63, 3.8) is 0 Å². The van der Waals surface area contributed by atoms with E-state index in [2.05, 4.69) is 29.4 Å². The van der Waals surface area contributed by atoms with Crippen LogP contribution in [0.4, 0.5) is 5.13 Å². The lowest BCUT2D eigenvalue weighted by atomic mass is 10.1. The van der Waals surface area contributed by atoms with Crippen LogP contribution in [-0.2, 0) is 4.79 Å². The second-order valence-corrected chi connectivity index (χ2v) is 4.37. The number of rotatable bonds is 5. The van der Waals surface area contributed by atoms with Crippen molar-refractivity contribution < 1.29 is 4.79 Å². The van der Waals surface area contributed by atoms with Crippen molar-refractivity contribution in [3.8, 4) is 0 Å². The van der Waals surface area contributed by atoms with Crippen molar-refractivity contribution in [2.75, 3.05) is 5.32 Å². The van der Waals surface area contributed by atoms with Crippen molar-refractivity contribution in [1.82, 2.24) is 10.2 Å². The molecule has 0 saturated carbocycles. The number of nitrogens with zero attached hydrogens (tertiary/aromatic N) is 2. The van der Waals surface area contributed by atoms with Crippen molar-refractivity contribution >= 4 is 22.4 Å². The topological polar surface area (TPSA) is 54.9 Å². The summed E-state index contributed by atoms with van der Waals surface area (Å²) in [5, 5.41) is 12.4. The van der Waals surface area contributed by atoms with Crippen molar-refractivity contribution in [2.45, 2.75) is 46.0 Å². The van der Waals surface area contributed by atoms with Gasteiger partial charge in [0.1, 0.15) is 5.01 Å². The van der Waals surface area contributed by atoms with Crippen LogP contribution in [0.25, 0.3) is 0 Å². The number of aromatic nitrogens is 2. The molecule has 15 heavy (non-hydrogen) atoms. The highest BCUT2D eigenvalue weighted by molar-refractivity contribution is 7.15. The fourth-order valence-electron chi connectivity index (χ4n) is 1.30. The van der Waals surface area contributed by atoms with Gasteiger partial charge in [-0.05, 0) is 12.8 Å². The predicted molar refractivity (Wildman–Crippen MR) is 62.2 cm³/mol. The molecule has 84 valence electrons. The number of hydrogen-bond acceptors (Lipinski definition) is 4. The van der Waals surface area contributed by atoms with Gasteiger partial charge in [0.2, 0.25) is 11.0 Å². The Morgan fingerprint density at radius 1 is 1.33 bits per heavy atom. The Morgan fingerprint density at radius 3 is 2.53 bits per heavy atom. The molecule has 0 aliphatic heterocycles. The van der Waals surface area contributed by atoms with Gasteiger partial charge in [0.15, 0.2) is 0 Å². The van der Waals surface area contributed by atoms with E-state index in [1.165, 1.54) is 11.3 Å². The lowest BCUT2D eigenvalue weighted by molar-refractivity contribution is -0.115. The highest BCUT2D eigenvalue weighted by Gasteiger charge is 2.13. The van der Waals surface area contributed by atoms with Crippen molar-refractivity contribution in [1.29, 1.82) is 0 Å². The monoisotopic (exact) mass is 227 g/mol. The summed E-state index contributed by atoms with van der Waals surface area (Å²) in [4.78, 5) is 11.1. The van der Waals surface area contributed by atoms with E-state index in [4.69, 9.17) is 0 Å². The Hall–Kier alpha value is -0.970. The van der Waals surface area contributed by atoms with E-state index in [1.807, 2.05) is 6.92 Å². The van der Waals surface area contributed by atoms with Gasteiger partial charge in [-0.3, -0.25) is 4.79 Å². The molecule has 0 aliphatic carbocycles. The Kier molecular flexibility index (Phi) is 4.68. The minimum Gasteiger partial charge on any atom is -0.301 e. The molecule has 0 saturated heterocycles. The van der Waals surface area contributed by atoms with E-state index in [-0.39, 0.29) is 5.91 Å². The third kappa shape index (κ3) is 3.27. The summed E-state index contributed by atoms with van der Waals surface area (Å²) in [5.74, 6) is 0.456. The average Bonchev–Trinajstić information content (AvgIpc) is 2.68. The maximum absolute atomic E-state index is 11.1. The molecule has 0 unspecified atom stereocenters. The fraction of sp³-hybridized carbons (Fsp3) is 0.700. The molecule has 0 radical (unpaired) electrons. The summed E-state index contributed by atoms with van der Waals surface area (Å²) in [7, 11) is 0. The number of carbonyl (C=O) groups excluding carboxylic acids is 1. The SMILES string of the molecule is CCC(=O)Nc1nnc(C(CC)CC)s1. The molecule has 1 amide bonds. The number of amides is 1. The molecule has 4 nitrogen and oxygen atoms in total. The summed E-state index contributed by atoms with van der Waals surface area (Å²) in [6, 6.07) is 0. The maximum Gasteiger partial charge on any atom is 0.225 e. The average molecular weight is 227 g/mol. The third-order valence-corrected chi connectivity index (χ3v) is 3.34. The van der Waals surface area contributed by atoms with Gasteiger partial charge >= 0.3 is 0 Å². The molecule has 1 aromatic heterocycles. The van der Waals surface area contributed by atoms with Crippen molar-refractivity contribution in [3.05, 3.63) is 5.01 Å². The van der Waals surface area contributed by atoms with E-state index < -0.39 is 0 Å². The van der Waals surface area contributed by atoms with Gasteiger partial charge in [-0.2, -0.15) is 0 Å². The molecular weight excluding hydrogens is 210 g/mol. The van der Waals surface area contributed by atoms with E-state index in [0.29, 0.717) is 17.5 Å². The van der Waals surface area contributed by atoms with Gasteiger partial charge in [0.25, 0.3) is 0 Å². The van der Waals surface area contributed by atoms with Crippen LogP contribution < -0.4 is 5.32 Å². The Balaban J connectivity index is 2.67. The lowest BCUT2D eigenvalue weighted by Crippen LogP contribution is -2.08. The van der Waals surface area contributed by atoms with Gasteiger partial charge in [-0.1, -0.05) is 32.1 Å². The first kappa shape index (κ1) is 12.1. The van der Waals surface area contributed by atoms with Crippen LogP contribution in [-0.4, -0.2) is 16.1 Å². The number of anilines is 1. The van der Waals surface area contributed by atoms with Gasteiger partial charge in [0.05, 0.1) is 0 Å². The number of nitrogens with one attached hydrogen (secondary N) is 1. The molecular formula is C10H17N3OS. The fourth-order valence-corrected chi connectivity index (χ4v) is 2.32. The lowest BCUT2D eigenvalue weighted by Gasteiger charge is -2.05. The number of carbonyl (C=O) groups is 1. The first-order valence-electron chi connectivity index (χ1n) is 5.34. The first-order chi connectivity index (χ1) is 7.21. The largest absolute Gasteiger partial charge is 0.301 e. The van der Waals surface area contributed by atoms with Gasteiger partial charge < -0.3 is 5.32 Å². The zero-order valence-electron chi connectivity index (χ0n) is 9.41. The van der Waals surface area contributed by atoms with Crippen LogP contribution in [0.15, 0.2) is 0 Å². The maximum atomic E-state index is 11.1. The quantitative estimate of drug-likeness (QED) is 0.841. The summed E-state index contributed by atoms with van der Waals surface area (Å²) in [5.41, 5.74) is 0. The molecule has 1 aromatic rings. The Labute approximate surface area is 94.1 Å². The van der Waals surface area contributed by atoms with Crippen LogP contribution in [0.2, 0.25) is 0 Å². The summed E-state index contributed by atoms with van der Waals surface area (Å²) < 4.78 is 0. The molecule has 0 atom stereocenters. The Bertz CT molecular complexity index is 320. The Morgan fingerprint density at radius 2 is 2.00 bits per heavy atom. The van der Waals surface area contributed by atoms with Crippen LogP contribution in [0.1, 0.15) is 51.0 Å². The van der Waals surface area contributed by atoms with Gasteiger partial charge in [0, 0.05) is 12.3 Å². The van der Waals surface area contributed by atoms with E-state index in [0.717, 1.165) is 17.8 Å². The smallest absolute Gasteiger partial charge is 0.225 e. The summed E-state index contributed by atoms with van der Waals surface area (Å²) in [6.45, 7) is 6.10. The standard InChI is InChI=1S/C10H17N3OS/c1-4-7(5-2)9-12-13-10(15-9)11-8(14)6-3/h7H,4-6H2,1-3H3,(H,11,13,14). The number of hydrogen-bond donors (Lipinski definition) is 1. The van der Waals surface area contributed by atoms with Crippen LogP contribution in [0.3, 0.4) is 0 Å². The van der Waals surface area contributed by atoms with Crippen LogP contribution in [0, 0.1) is 0 Å². The molecule has 0 aliphatic rings. The molecule has 1 rings (SSSR count). The minimum atomic E-state index is -0.0118. The predicted octanol–water partition coefficient (Wildman–Crippen LogP) is 2.79. The molecule has 1 N–H and O–H groups in total.